The Kier molecular flexibility index (Phi) is 3.19. The summed E-state index contributed by atoms with van der Waals surface area (Å²) in [7, 11) is 0. The van der Waals surface area contributed by atoms with Gasteiger partial charge >= 0.3 is 0 Å². The SMILES string of the molecule is CC(C)n1cc(-n2c(C(C)(C)C)c[nH]c2=S)cn1. The third-order valence-corrected chi connectivity index (χ3v) is 3.22. The van der Waals surface area contributed by atoms with Gasteiger partial charge in [0.25, 0.3) is 0 Å². The minimum atomic E-state index is 0.0352. The van der Waals surface area contributed by atoms with Crippen LogP contribution in [0.1, 0.15) is 46.4 Å². The molecule has 0 aliphatic carbocycles. The first-order valence-corrected chi connectivity index (χ1v) is 6.57. The lowest BCUT2D eigenvalue weighted by atomic mass is 9.92. The summed E-state index contributed by atoms with van der Waals surface area (Å²) in [5, 5.41) is 4.37. The van der Waals surface area contributed by atoms with Gasteiger partial charge in [0.2, 0.25) is 0 Å². The first-order chi connectivity index (χ1) is 8.30. The summed E-state index contributed by atoms with van der Waals surface area (Å²) in [5.74, 6) is 0. The molecular formula is C13H20N4S. The topological polar surface area (TPSA) is 38.5 Å². The Balaban J connectivity index is 2.56. The van der Waals surface area contributed by atoms with E-state index in [1.54, 1.807) is 0 Å². The van der Waals surface area contributed by atoms with E-state index in [1.807, 2.05) is 23.3 Å². The van der Waals surface area contributed by atoms with Crippen LogP contribution in [0.3, 0.4) is 0 Å². The molecule has 2 heterocycles. The average Bonchev–Trinajstić information content (AvgIpc) is 2.81. The highest BCUT2D eigenvalue weighted by atomic mass is 32.1. The molecule has 0 atom stereocenters. The number of nitrogens with zero attached hydrogens (tertiary/aromatic N) is 3. The van der Waals surface area contributed by atoms with Crippen molar-refractivity contribution in [2.75, 3.05) is 0 Å². The highest BCUT2D eigenvalue weighted by Gasteiger charge is 2.20. The van der Waals surface area contributed by atoms with Crippen LogP contribution >= 0.6 is 12.2 Å². The molecule has 0 fully saturated rings. The summed E-state index contributed by atoms with van der Waals surface area (Å²) in [4.78, 5) is 3.12. The zero-order chi connectivity index (χ0) is 13.5. The van der Waals surface area contributed by atoms with Gasteiger partial charge in [0.05, 0.1) is 11.9 Å². The molecule has 0 amide bonds. The summed E-state index contributed by atoms with van der Waals surface area (Å²) in [6, 6.07) is 0.352. The summed E-state index contributed by atoms with van der Waals surface area (Å²) < 4.78 is 4.71. The number of hydrogen-bond acceptors (Lipinski definition) is 2. The van der Waals surface area contributed by atoms with Crippen molar-refractivity contribution in [3.8, 4) is 5.69 Å². The molecule has 0 aliphatic heterocycles. The number of rotatable bonds is 2. The second-order valence-electron chi connectivity index (χ2n) is 5.84. The number of hydrogen-bond donors (Lipinski definition) is 1. The minimum Gasteiger partial charge on any atom is -0.337 e. The number of imidazole rings is 1. The van der Waals surface area contributed by atoms with E-state index in [2.05, 4.69) is 49.3 Å². The fraction of sp³-hybridized carbons (Fsp3) is 0.538. The highest BCUT2D eigenvalue weighted by Crippen LogP contribution is 2.25. The van der Waals surface area contributed by atoms with Gasteiger partial charge in [-0.15, -0.1) is 0 Å². The molecule has 5 heteroatoms. The molecule has 18 heavy (non-hydrogen) atoms. The van der Waals surface area contributed by atoms with E-state index >= 15 is 0 Å². The van der Waals surface area contributed by atoms with Crippen molar-refractivity contribution in [1.29, 1.82) is 0 Å². The zero-order valence-corrected chi connectivity index (χ0v) is 12.4. The van der Waals surface area contributed by atoms with Gasteiger partial charge in [-0.2, -0.15) is 5.10 Å². The quantitative estimate of drug-likeness (QED) is 0.842. The highest BCUT2D eigenvalue weighted by molar-refractivity contribution is 7.71. The predicted molar refractivity (Wildman–Crippen MR) is 75.8 cm³/mol. The second kappa shape index (κ2) is 4.39. The maximum Gasteiger partial charge on any atom is 0.182 e. The smallest absolute Gasteiger partial charge is 0.182 e. The van der Waals surface area contributed by atoms with E-state index in [9.17, 15) is 0 Å². The molecule has 1 N–H and O–H groups in total. The largest absolute Gasteiger partial charge is 0.337 e. The van der Waals surface area contributed by atoms with Crippen LogP contribution in [0.15, 0.2) is 18.6 Å². The Morgan fingerprint density at radius 3 is 2.50 bits per heavy atom. The van der Waals surface area contributed by atoms with Crippen molar-refractivity contribution in [1.82, 2.24) is 19.3 Å². The van der Waals surface area contributed by atoms with Crippen LogP contribution in [0.5, 0.6) is 0 Å². The lowest BCUT2D eigenvalue weighted by Gasteiger charge is -2.19. The van der Waals surface area contributed by atoms with Crippen LogP contribution in [0.2, 0.25) is 0 Å². The van der Waals surface area contributed by atoms with E-state index in [0.29, 0.717) is 10.8 Å². The fourth-order valence-corrected chi connectivity index (χ4v) is 2.17. The molecule has 0 aliphatic rings. The molecule has 4 nitrogen and oxygen atoms in total. The molecule has 0 spiro atoms. The summed E-state index contributed by atoms with van der Waals surface area (Å²) in [6.45, 7) is 10.7. The van der Waals surface area contributed by atoms with E-state index in [0.717, 1.165) is 11.4 Å². The maximum absolute atomic E-state index is 5.37. The summed E-state index contributed by atoms with van der Waals surface area (Å²) >= 11 is 5.37. The standard InChI is InChI=1S/C13H20N4S/c1-9(2)16-8-10(6-15-16)17-11(13(3,4)5)7-14-12(17)18/h6-9H,1-5H3,(H,14,18). The van der Waals surface area contributed by atoms with Crippen molar-refractivity contribution in [3.63, 3.8) is 0 Å². The third-order valence-electron chi connectivity index (χ3n) is 2.92. The first kappa shape index (κ1) is 13.1. The Hall–Kier alpha value is -1.36. The predicted octanol–water partition coefficient (Wildman–Crippen LogP) is 3.61. The molecule has 0 saturated heterocycles. The molecule has 0 unspecified atom stereocenters. The molecule has 0 aromatic carbocycles. The van der Waals surface area contributed by atoms with Crippen LogP contribution in [0, 0.1) is 4.77 Å². The molecule has 2 rings (SSSR count). The lowest BCUT2D eigenvalue weighted by Crippen LogP contribution is -2.16. The Labute approximate surface area is 113 Å². The van der Waals surface area contributed by atoms with Crippen LogP contribution in [0.25, 0.3) is 5.69 Å². The molecular weight excluding hydrogens is 244 g/mol. The van der Waals surface area contributed by atoms with Crippen LogP contribution in [0.4, 0.5) is 0 Å². The van der Waals surface area contributed by atoms with E-state index in [1.165, 1.54) is 0 Å². The van der Waals surface area contributed by atoms with Crippen LogP contribution < -0.4 is 0 Å². The maximum atomic E-state index is 5.37. The van der Waals surface area contributed by atoms with Crippen molar-refractivity contribution in [2.24, 2.45) is 0 Å². The molecule has 0 bridgehead atoms. The third kappa shape index (κ3) is 2.27. The van der Waals surface area contributed by atoms with Crippen molar-refractivity contribution < 1.29 is 0 Å². The van der Waals surface area contributed by atoms with E-state index in [-0.39, 0.29) is 5.41 Å². The fourth-order valence-electron chi connectivity index (χ4n) is 1.90. The van der Waals surface area contributed by atoms with Gasteiger partial charge in [-0.05, 0) is 26.1 Å². The first-order valence-electron chi connectivity index (χ1n) is 6.16. The molecule has 2 aromatic heterocycles. The molecule has 0 radical (unpaired) electrons. The molecule has 2 aromatic rings. The van der Waals surface area contributed by atoms with Gasteiger partial charge in [0.15, 0.2) is 4.77 Å². The summed E-state index contributed by atoms with van der Waals surface area (Å²) in [5.41, 5.74) is 2.21. The number of nitrogens with one attached hydrogen (secondary N) is 1. The molecule has 98 valence electrons. The van der Waals surface area contributed by atoms with Crippen molar-refractivity contribution >= 4 is 12.2 Å². The van der Waals surface area contributed by atoms with Gasteiger partial charge in [-0.25, -0.2) is 0 Å². The van der Waals surface area contributed by atoms with Crippen molar-refractivity contribution in [2.45, 2.75) is 46.1 Å². The molecule has 0 saturated carbocycles. The average molecular weight is 264 g/mol. The van der Waals surface area contributed by atoms with Crippen LogP contribution in [-0.4, -0.2) is 19.3 Å². The Bertz CT molecular complexity index is 595. The van der Waals surface area contributed by atoms with E-state index in [4.69, 9.17) is 12.2 Å². The summed E-state index contributed by atoms with van der Waals surface area (Å²) in [6.07, 6.45) is 5.87. The van der Waals surface area contributed by atoms with Gasteiger partial charge in [-0.3, -0.25) is 9.25 Å². The number of H-pyrrole nitrogens is 1. The Morgan fingerprint density at radius 1 is 1.33 bits per heavy atom. The monoisotopic (exact) mass is 264 g/mol. The van der Waals surface area contributed by atoms with E-state index < -0.39 is 0 Å². The van der Waals surface area contributed by atoms with Gasteiger partial charge in [-0.1, -0.05) is 20.8 Å². The minimum absolute atomic E-state index is 0.0352. The normalized spacial score (nSPS) is 12.3. The zero-order valence-electron chi connectivity index (χ0n) is 11.6. The van der Waals surface area contributed by atoms with Gasteiger partial charge in [0.1, 0.15) is 0 Å². The van der Waals surface area contributed by atoms with Crippen LogP contribution in [-0.2, 0) is 5.41 Å². The van der Waals surface area contributed by atoms with Crippen molar-refractivity contribution in [3.05, 3.63) is 29.1 Å². The lowest BCUT2D eigenvalue weighted by molar-refractivity contribution is 0.531. The van der Waals surface area contributed by atoms with Gasteiger partial charge in [0, 0.05) is 29.5 Å². The number of aromatic nitrogens is 4. The Morgan fingerprint density at radius 2 is 2.00 bits per heavy atom. The van der Waals surface area contributed by atoms with Gasteiger partial charge < -0.3 is 4.98 Å². The second-order valence-corrected chi connectivity index (χ2v) is 6.22. The number of aromatic amines is 1.